The first-order chi connectivity index (χ1) is 15.3. The third kappa shape index (κ3) is 3.76. The van der Waals surface area contributed by atoms with Crippen molar-refractivity contribution < 1.29 is 14.5 Å². The van der Waals surface area contributed by atoms with Gasteiger partial charge in [0.05, 0.1) is 33.4 Å². The summed E-state index contributed by atoms with van der Waals surface area (Å²) in [6.07, 6.45) is 1.69. The van der Waals surface area contributed by atoms with Gasteiger partial charge in [-0.1, -0.05) is 47.2 Å². The maximum Gasteiger partial charge on any atom is 0.338 e. The van der Waals surface area contributed by atoms with E-state index >= 15 is 0 Å². The maximum absolute atomic E-state index is 13.4. The van der Waals surface area contributed by atoms with Gasteiger partial charge in [0.2, 0.25) is 0 Å². The van der Waals surface area contributed by atoms with Crippen LogP contribution in [0.2, 0.25) is 5.02 Å². The van der Waals surface area contributed by atoms with Crippen LogP contribution in [0, 0.1) is 10.1 Å². The number of esters is 1. The average Bonchev–Trinajstić information content (AvgIpc) is 3.08. The van der Waals surface area contributed by atoms with Crippen molar-refractivity contribution in [2.24, 2.45) is 4.99 Å². The molecule has 0 fully saturated rings. The number of hydrogen-bond donors (Lipinski definition) is 0. The summed E-state index contributed by atoms with van der Waals surface area (Å²) in [7, 11) is 1.21. The first-order valence-electron chi connectivity index (χ1n) is 9.41. The number of hydrogen-bond acceptors (Lipinski definition) is 7. The standard InChI is InChI=1S/C22H16ClN3O5S/c1-12-18(21(28)31-2)19(15-5-3-4-6-16(15)26(29)30)25-20(27)17(32-22(25)24-12)11-13-7-9-14(23)10-8-13/h3-11,19H,1-2H3/b17-11-. The molecular weight excluding hydrogens is 454 g/mol. The number of carbonyl (C=O) groups excluding carboxylic acids is 1. The third-order valence-electron chi connectivity index (χ3n) is 5.02. The van der Waals surface area contributed by atoms with E-state index in [2.05, 4.69) is 4.99 Å². The zero-order chi connectivity index (χ0) is 23.0. The Hall–Kier alpha value is -3.56. The lowest BCUT2D eigenvalue weighted by Gasteiger charge is -2.24. The van der Waals surface area contributed by atoms with Gasteiger partial charge in [-0.15, -0.1) is 0 Å². The van der Waals surface area contributed by atoms with E-state index in [0.29, 0.717) is 20.1 Å². The molecule has 0 bridgehead atoms. The Labute approximate surface area is 190 Å². The van der Waals surface area contributed by atoms with Crippen molar-refractivity contribution in [3.05, 3.63) is 106 Å². The summed E-state index contributed by atoms with van der Waals surface area (Å²) in [5, 5.41) is 12.3. The van der Waals surface area contributed by atoms with Crippen molar-refractivity contribution in [3.63, 3.8) is 0 Å². The molecule has 4 rings (SSSR count). The Kier molecular flexibility index (Phi) is 5.77. The number of halogens is 1. The number of para-hydroxylation sites is 1. The summed E-state index contributed by atoms with van der Waals surface area (Å²) in [5.41, 5.74) is 0.741. The van der Waals surface area contributed by atoms with Gasteiger partial charge in [0, 0.05) is 11.1 Å². The molecule has 0 saturated heterocycles. The molecule has 0 amide bonds. The molecule has 10 heteroatoms. The Balaban J connectivity index is 2.02. The highest BCUT2D eigenvalue weighted by atomic mass is 35.5. The second-order valence-corrected chi connectivity index (χ2v) is 8.39. The molecule has 0 saturated carbocycles. The topological polar surface area (TPSA) is 104 Å². The summed E-state index contributed by atoms with van der Waals surface area (Å²) in [6.45, 7) is 1.62. The highest BCUT2D eigenvalue weighted by Crippen LogP contribution is 2.35. The van der Waals surface area contributed by atoms with Crippen LogP contribution < -0.4 is 14.9 Å². The molecule has 1 atom stereocenters. The fourth-order valence-corrected chi connectivity index (χ4v) is 4.75. The van der Waals surface area contributed by atoms with Gasteiger partial charge in [-0.3, -0.25) is 19.5 Å². The number of nitro benzene ring substituents is 1. The van der Waals surface area contributed by atoms with Crippen LogP contribution in [-0.4, -0.2) is 22.6 Å². The molecule has 1 aliphatic rings. The molecule has 0 spiro atoms. The van der Waals surface area contributed by atoms with Crippen molar-refractivity contribution >= 4 is 40.7 Å². The zero-order valence-corrected chi connectivity index (χ0v) is 18.5. The van der Waals surface area contributed by atoms with E-state index in [4.69, 9.17) is 16.3 Å². The number of ether oxygens (including phenoxy) is 1. The molecule has 162 valence electrons. The molecule has 2 aromatic carbocycles. The van der Waals surface area contributed by atoms with Crippen molar-refractivity contribution in [2.45, 2.75) is 13.0 Å². The van der Waals surface area contributed by atoms with Crippen molar-refractivity contribution in [3.8, 4) is 0 Å². The molecule has 2 heterocycles. The molecule has 8 nitrogen and oxygen atoms in total. The van der Waals surface area contributed by atoms with Crippen molar-refractivity contribution in [1.82, 2.24) is 4.57 Å². The molecule has 0 aliphatic carbocycles. The van der Waals surface area contributed by atoms with Crippen LogP contribution in [0.25, 0.3) is 6.08 Å². The Morgan fingerprint density at radius 3 is 2.59 bits per heavy atom. The second kappa shape index (κ2) is 8.52. The fourth-order valence-electron chi connectivity index (χ4n) is 3.58. The number of nitrogens with zero attached hydrogens (tertiary/aromatic N) is 3. The number of thiazole rings is 1. The third-order valence-corrected chi connectivity index (χ3v) is 6.26. The lowest BCUT2D eigenvalue weighted by atomic mass is 9.94. The number of allylic oxidation sites excluding steroid dienone is 1. The van der Waals surface area contributed by atoms with E-state index in [1.807, 2.05) is 0 Å². The van der Waals surface area contributed by atoms with E-state index in [0.717, 1.165) is 16.9 Å². The van der Waals surface area contributed by atoms with Crippen LogP contribution in [0.5, 0.6) is 0 Å². The van der Waals surface area contributed by atoms with Crippen LogP contribution in [0.1, 0.15) is 24.1 Å². The summed E-state index contributed by atoms with van der Waals surface area (Å²) >= 11 is 7.07. The maximum atomic E-state index is 13.4. The summed E-state index contributed by atoms with van der Waals surface area (Å²) < 4.78 is 6.60. The molecule has 0 N–H and O–H groups in total. The van der Waals surface area contributed by atoms with Gasteiger partial charge in [0.1, 0.15) is 6.04 Å². The van der Waals surface area contributed by atoms with Gasteiger partial charge >= 0.3 is 5.97 Å². The average molecular weight is 470 g/mol. The predicted molar refractivity (Wildman–Crippen MR) is 120 cm³/mol. The van der Waals surface area contributed by atoms with Gasteiger partial charge in [-0.25, -0.2) is 9.79 Å². The Morgan fingerprint density at radius 1 is 1.25 bits per heavy atom. The van der Waals surface area contributed by atoms with Crippen molar-refractivity contribution in [1.29, 1.82) is 0 Å². The van der Waals surface area contributed by atoms with Gasteiger partial charge in [0.25, 0.3) is 11.2 Å². The van der Waals surface area contributed by atoms with Crippen LogP contribution >= 0.6 is 22.9 Å². The van der Waals surface area contributed by atoms with Crippen LogP contribution in [0.3, 0.4) is 0 Å². The van der Waals surface area contributed by atoms with Gasteiger partial charge in [-0.2, -0.15) is 0 Å². The molecule has 32 heavy (non-hydrogen) atoms. The number of rotatable bonds is 4. The predicted octanol–water partition coefficient (Wildman–Crippen LogP) is 2.97. The van der Waals surface area contributed by atoms with E-state index in [9.17, 15) is 19.7 Å². The smallest absolute Gasteiger partial charge is 0.338 e. The van der Waals surface area contributed by atoms with E-state index < -0.39 is 22.5 Å². The number of aromatic nitrogens is 1. The number of benzene rings is 2. The van der Waals surface area contributed by atoms with Gasteiger partial charge in [0.15, 0.2) is 4.80 Å². The number of carbonyl (C=O) groups is 1. The normalized spacial score (nSPS) is 15.8. The molecule has 1 aliphatic heterocycles. The van der Waals surface area contributed by atoms with E-state index in [1.165, 1.54) is 29.9 Å². The summed E-state index contributed by atoms with van der Waals surface area (Å²) in [6, 6.07) is 11.9. The fraction of sp³-hybridized carbons (Fsp3) is 0.136. The number of methoxy groups -OCH3 is 1. The summed E-state index contributed by atoms with van der Waals surface area (Å²) in [5.74, 6) is -0.707. The molecular formula is C22H16ClN3O5S. The minimum absolute atomic E-state index is 0.0762. The zero-order valence-electron chi connectivity index (χ0n) is 16.9. The lowest BCUT2D eigenvalue weighted by Crippen LogP contribution is -2.40. The largest absolute Gasteiger partial charge is 0.466 e. The SMILES string of the molecule is COC(=O)C1=C(C)N=c2s/c(=C\c3ccc(Cl)cc3)c(=O)n2C1c1ccccc1[N+](=O)[O-]. The van der Waals surface area contributed by atoms with Gasteiger partial charge < -0.3 is 4.74 Å². The first kappa shape index (κ1) is 21.7. The Bertz CT molecular complexity index is 1450. The molecule has 0 radical (unpaired) electrons. The van der Waals surface area contributed by atoms with Gasteiger partial charge in [-0.05, 0) is 36.8 Å². The molecule has 3 aromatic rings. The van der Waals surface area contributed by atoms with E-state index in [1.54, 1.807) is 43.3 Å². The molecule has 1 unspecified atom stereocenters. The number of nitro groups is 1. The highest BCUT2D eigenvalue weighted by Gasteiger charge is 2.36. The van der Waals surface area contributed by atoms with E-state index in [-0.39, 0.29) is 16.8 Å². The quantitative estimate of drug-likeness (QED) is 0.332. The van der Waals surface area contributed by atoms with Crippen LogP contribution in [-0.2, 0) is 9.53 Å². The monoisotopic (exact) mass is 469 g/mol. The van der Waals surface area contributed by atoms with Crippen LogP contribution in [0.4, 0.5) is 5.69 Å². The first-order valence-corrected chi connectivity index (χ1v) is 10.6. The van der Waals surface area contributed by atoms with Crippen LogP contribution in [0.15, 0.2) is 69.6 Å². The lowest BCUT2D eigenvalue weighted by molar-refractivity contribution is -0.385. The minimum Gasteiger partial charge on any atom is -0.466 e. The Morgan fingerprint density at radius 2 is 1.94 bits per heavy atom. The highest BCUT2D eigenvalue weighted by molar-refractivity contribution is 7.07. The molecule has 1 aromatic heterocycles. The minimum atomic E-state index is -1.05. The second-order valence-electron chi connectivity index (χ2n) is 6.94. The number of fused-ring (bicyclic) bond motifs is 1. The summed E-state index contributed by atoms with van der Waals surface area (Å²) in [4.78, 5) is 42.0. The van der Waals surface area contributed by atoms with Crippen molar-refractivity contribution in [2.75, 3.05) is 7.11 Å².